The minimum absolute atomic E-state index is 0.0341. The molecule has 2 heterocycles. The van der Waals surface area contributed by atoms with Gasteiger partial charge in [-0.25, -0.2) is 0 Å². The molecule has 0 radical (unpaired) electrons. The SMILES string of the molecule is CCc1ccc(NC(=S)N2CCN(C(=O)[C@@H]3COc4ccccc4O3)CC2)cc1. The largest absolute Gasteiger partial charge is 0.485 e. The van der Waals surface area contributed by atoms with E-state index in [2.05, 4.69) is 29.3 Å². The fourth-order valence-corrected chi connectivity index (χ4v) is 3.80. The number of para-hydroxylation sites is 2. The molecule has 29 heavy (non-hydrogen) atoms. The van der Waals surface area contributed by atoms with Gasteiger partial charge in [0.1, 0.15) is 6.61 Å². The Balaban J connectivity index is 1.28. The third kappa shape index (κ3) is 4.45. The van der Waals surface area contributed by atoms with Crippen molar-refractivity contribution in [3.05, 3.63) is 54.1 Å². The molecule has 2 aromatic rings. The van der Waals surface area contributed by atoms with Crippen molar-refractivity contribution in [3.63, 3.8) is 0 Å². The zero-order chi connectivity index (χ0) is 20.2. The number of anilines is 1. The first-order chi connectivity index (χ1) is 14.1. The van der Waals surface area contributed by atoms with Crippen LogP contribution in [0.25, 0.3) is 0 Å². The Bertz CT molecular complexity index is 879. The van der Waals surface area contributed by atoms with Gasteiger partial charge in [-0.1, -0.05) is 31.2 Å². The van der Waals surface area contributed by atoms with Crippen molar-refractivity contribution in [2.45, 2.75) is 19.4 Å². The predicted octanol–water partition coefficient (Wildman–Crippen LogP) is 2.93. The van der Waals surface area contributed by atoms with Crippen molar-refractivity contribution in [3.8, 4) is 11.5 Å². The van der Waals surface area contributed by atoms with E-state index in [0.29, 0.717) is 42.8 Å². The second-order valence-electron chi connectivity index (χ2n) is 7.16. The molecular weight excluding hydrogens is 386 g/mol. The summed E-state index contributed by atoms with van der Waals surface area (Å²) >= 11 is 5.56. The third-order valence-electron chi connectivity index (χ3n) is 5.28. The van der Waals surface area contributed by atoms with Crippen molar-refractivity contribution < 1.29 is 14.3 Å². The number of fused-ring (bicyclic) bond motifs is 1. The fraction of sp³-hybridized carbons (Fsp3) is 0.364. The third-order valence-corrected chi connectivity index (χ3v) is 5.64. The molecule has 1 saturated heterocycles. The lowest BCUT2D eigenvalue weighted by Crippen LogP contribution is -2.55. The highest BCUT2D eigenvalue weighted by molar-refractivity contribution is 7.80. The van der Waals surface area contributed by atoms with Gasteiger partial charge in [0.2, 0.25) is 6.10 Å². The number of rotatable bonds is 3. The van der Waals surface area contributed by atoms with Gasteiger partial charge in [-0.2, -0.15) is 0 Å². The van der Waals surface area contributed by atoms with Gasteiger partial charge in [0, 0.05) is 31.9 Å². The Kier molecular flexibility index (Phi) is 5.85. The zero-order valence-corrected chi connectivity index (χ0v) is 17.3. The van der Waals surface area contributed by atoms with Crippen LogP contribution in [0.3, 0.4) is 0 Å². The summed E-state index contributed by atoms with van der Waals surface area (Å²) in [5.41, 5.74) is 2.28. The van der Waals surface area contributed by atoms with Gasteiger partial charge in [-0.3, -0.25) is 4.79 Å². The Morgan fingerprint density at radius 2 is 1.69 bits per heavy atom. The second-order valence-corrected chi connectivity index (χ2v) is 7.54. The van der Waals surface area contributed by atoms with Crippen LogP contribution in [0, 0.1) is 0 Å². The normalized spacial score (nSPS) is 18.3. The maximum absolute atomic E-state index is 12.8. The first-order valence-electron chi connectivity index (χ1n) is 9.96. The molecule has 0 unspecified atom stereocenters. The van der Waals surface area contributed by atoms with Gasteiger partial charge < -0.3 is 24.6 Å². The van der Waals surface area contributed by atoms with Gasteiger partial charge in [-0.05, 0) is 48.5 Å². The van der Waals surface area contributed by atoms with Gasteiger partial charge >= 0.3 is 0 Å². The van der Waals surface area contributed by atoms with Crippen molar-refractivity contribution in [1.82, 2.24) is 9.80 Å². The molecule has 1 N–H and O–H groups in total. The molecule has 0 saturated carbocycles. The summed E-state index contributed by atoms with van der Waals surface area (Å²) in [6, 6.07) is 15.7. The van der Waals surface area contributed by atoms with E-state index in [1.807, 2.05) is 41.3 Å². The number of thiocarbonyl (C=S) groups is 1. The number of piperazine rings is 1. The van der Waals surface area contributed by atoms with Crippen LogP contribution < -0.4 is 14.8 Å². The first kappa shape index (κ1) is 19.5. The average Bonchev–Trinajstić information content (AvgIpc) is 2.79. The molecule has 2 aliphatic rings. The van der Waals surface area contributed by atoms with Gasteiger partial charge in [0.15, 0.2) is 16.6 Å². The van der Waals surface area contributed by atoms with E-state index in [4.69, 9.17) is 21.7 Å². The molecule has 4 rings (SSSR count). The first-order valence-corrected chi connectivity index (χ1v) is 10.4. The average molecular weight is 412 g/mol. The molecule has 0 aliphatic carbocycles. The Hall–Kier alpha value is -2.80. The van der Waals surface area contributed by atoms with Gasteiger partial charge in [0.25, 0.3) is 5.91 Å². The molecule has 7 heteroatoms. The number of aryl methyl sites for hydroxylation is 1. The monoisotopic (exact) mass is 411 g/mol. The highest BCUT2D eigenvalue weighted by atomic mass is 32.1. The van der Waals surface area contributed by atoms with Gasteiger partial charge in [0.05, 0.1) is 0 Å². The summed E-state index contributed by atoms with van der Waals surface area (Å²) < 4.78 is 11.5. The zero-order valence-electron chi connectivity index (χ0n) is 16.5. The molecule has 152 valence electrons. The van der Waals surface area contributed by atoms with Gasteiger partial charge in [-0.15, -0.1) is 0 Å². The standard InChI is InChI=1S/C22H25N3O3S/c1-2-16-7-9-17(10-8-16)23-22(29)25-13-11-24(12-14-25)21(26)20-15-27-18-5-3-4-6-19(18)28-20/h3-10,20H,2,11-15H2,1H3,(H,23,29)/t20-/m0/s1. The molecule has 6 nitrogen and oxygen atoms in total. The number of nitrogens with zero attached hydrogens (tertiary/aromatic N) is 2. The minimum Gasteiger partial charge on any atom is -0.485 e. The van der Waals surface area contributed by atoms with Crippen molar-refractivity contribution in [1.29, 1.82) is 0 Å². The highest BCUT2D eigenvalue weighted by Crippen LogP contribution is 2.31. The molecule has 0 spiro atoms. The van der Waals surface area contributed by atoms with E-state index < -0.39 is 6.10 Å². The summed E-state index contributed by atoms with van der Waals surface area (Å²) in [4.78, 5) is 16.8. The maximum atomic E-state index is 12.8. The lowest BCUT2D eigenvalue weighted by molar-refractivity contribution is -0.142. The molecule has 2 aliphatic heterocycles. The molecule has 0 bridgehead atoms. The number of carbonyl (C=O) groups is 1. The van der Waals surface area contributed by atoms with Crippen LogP contribution in [0.4, 0.5) is 5.69 Å². The predicted molar refractivity (Wildman–Crippen MR) is 117 cm³/mol. The fourth-order valence-electron chi connectivity index (χ4n) is 3.50. The molecule has 0 aromatic heterocycles. The van der Waals surface area contributed by atoms with Crippen LogP contribution in [0.5, 0.6) is 11.5 Å². The molecule has 2 aromatic carbocycles. The minimum atomic E-state index is -0.599. The topological polar surface area (TPSA) is 54.0 Å². The van der Waals surface area contributed by atoms with Crippen LogP contribution in [-0.4, -0.2) is 59.7 Å². The highest BCUT2D eigenvalue weighted by Gasteiger charge is 2.33. The molecule has 1 fully saturated rings. The van der Waals surface area contributed by atoms with Crippen molar-refractivity contribution >= 4 is 28.9 Å². The number of hydrogen-bond donors (Lipinski definition) is 1. The number of amides is 1. The molecular formula is C22H25N3O3S. The van der Waals surface area contributed by atoms with Crippen molar-refractivity contribution in [2.75, 3.05) is 38.1 Å². The Morgan fingerprint density at radius 1 is 1.03 bits per heavy atom. The summed E-state index contributed by atoms with van der Waals surface area (Å²) in [6.45, 7) is 4.97. The maximum Gasteiger partial charge on any atom is 0.267 e. The quantitative estimate of drug-likeness (QED) is 0.784. The number of hydrogen-bond acceptors (Lipinski definition) is 4. The second kappa shape index (κ2) is 8.69. The Morgan fingerprint density at radius 3 is 2.38 bits per heavy atom. The summed E-state index contributed by atoms with van der Waals surface area (Å²) in [6.07, 6.45) is 0.417. The molecule has 1 atom stereocenters. The summed E-state index contributed by atoms with van der Waals surface area (Å²) in [5.74, 6) is 1.27. The van der Waals surface area contributed by atoms with E-state index in [1.165, 1.54) is 5.56 Å². The number of ether oxygens (including phenoxy) is 2. The van der Waals surface area contributed by atoms with Crippen molar-refractivity contribution in [2.24, 2.45) is 0 Å². The lowest BCUT2D eigenvalue weighted by Gasteiger charge is -2.38. The summed E-state index contributed by atoms with van der Waals surface area (Å²) in [7, 11) is 0. The smallest absolute Gasteiger partial charge is 0.267 e. The van der Waals surface area contributed by atoms with E-state index in [0.717, 1.165) is 12.1 Å². The molecule has 1 amide bonds. The van der Waals surface area contributed by atoms with E-state index in [1.54, 1.807) is 0 Å². The number of nitrogens with one attached hydrogen (secondary N) is 1. The number of carbonyl (C=O) groups excluding carboxylic acids is 1. The van der Waals surface area contributed by atoms with Crippen LogP contribution in [0.1, 0.15) is 12.5 Å². The van der Waals surface area contributed by atoms with Crippen LogP contribution in [0.15, 0.2) is 48.5 Å². The summed E-state index contributed by atoms with van der Waals surface area (Å²) in [5, 5.41) is 3.98. The van der Waals surface area contributed by atoms with E-state index in [9.17, 15) is 4.79 Å². The van der Waals surface area contributed by atoms with E-state index in [-0.39, 0.29) is 12.5 Å². The van der Waals surface area contributed by atoms with Crippen LogP contribution in [0.2, 0.25) is 0 Å². The van der Waals surface area contributed by atoms with E-state index >= 15 is 0 Å². The van der Waals surface area contributed by atoms with Crippen LogP contribution in [-0.2, 0) is 11.2 Å². The lowest BCUT2D eigenvalue weighted by atomic mass is 10.1. The van der Waals surface area contributed by atoms with Crippen LogP contribution >= 0.6 is 12.2 Å². The Labute approximate surface area is 176 Å². The number of benzene rings is 2.